The number of aliphatic hydroxyl groups excluding tert-OH is 1. The number of rotatable bonds is 5. The number of aliphatic hydroxyl groups is 1. The van der Waals surface area contributed by atoms with Crippen molar-refractivity contribution in [3.8, 4) is 0 Å². The zero-order valence-electron chi connectivity index (χ0n) is 14.0. The number of pyridine rings is 1. The Kier molecular flexibility index (Phi) is 5.85. The minimum absolute atomic E-state index is 0.103. The summed E-state index contributed by atoms with van der Waals surface area (Å²) in [5.41, 5.74) is 1.93. The largest absolute Gasteiger partial charge is 0.445 e. The van der Waals surface area contributed by atoms with Gasteiger partial charge in [0.2, 0.25) is 0 Å². The third-order valence-corrected chi connectivity index (χ3v) is 4.43. The minimum atomic E-state index is -0.563. The highest BCUT2D eigenvalue weighted by Gasteiger charge is 2.30. The Morgan fingerprint density at radius 3 is 2.72 bits per heavy atom. The number of benzene rings is 1. The molecule has 0 unspecified atom stereocenters. The van der Waals surface area contributed by atoms with E-state index in [0.29, 0.717) is 19.6 Å². The van der Waals surface area contributed by atoms with E-state index in [4.69, 9.17) is 4.74 Å². The number of amides is 1. The molecule has 0 saturated carbocycles. The van der Waals surface area contributed by atoms with Crippen LogP contribution in [0.1, 0.15) is 12.0 Å². The van der Waals surface area contributed by atoms with Gasteiger partial charge in [-0.1, -0.05) is 30.3 Å². The van der Waals surface area contributed by atoms with Crippen molar-refractivity contribution in [3.05, 3.63) is 60.4 Å². The predicted octanol–water partition coefficient (Wildman–Crippen LogP) is 2.51. The zero-order chi connectivity index (χ0) is 17.5. The molecular formula is C19H23N3O3. The Morgan fingerprint density at radius 1 is 1.24 bits per heavy atom. The number of hydrogen-bond donors (Lipinski definition) is 2. The van der Waals surface area contributed by atoms with Gasteiger partial charge in [-0.05, 0) is 24.1 Å². The molecule has 0 bridgehead atoms. The van der Waals surface area contributed by atoms with E-state index in [1.807, 2.05) is 42.5 Å². The van der Waals surface area contributed by atoms with Gasteiger partial charge < -0.3 is 20.1 Å². The van der Waals surface area contributed by atoms with E-state index in [9.17, 15) is 9.90 Å². The van der Waals surface area contributed by atoms with Crippen LogP contribution in [0, 0.1) is 5.92 Å². The molecule has 1 aromatic heterocycles. The first-order valence-electron chi connectivity index (χ1n) is 8.50. The molecule has 2 heterocycles. The summed E-state index contributed by atoms with van der Waals surface area (Å²) in [6.07, 6.45) is 3.25. The molecule has 2 atom stereocenters. The lowest BCUT2D eigenvalue weighted by molar-refractivity contribution is 0.0175. The van der Waals surface area contributed by atoms with Crippen LogP contribution in [0.25, 0.3) is 0 Å². The highest BCUT2D eigenvalue weighted by atomic mass is 16.6. The number of anilines is 1. The first-order valence-corrected chi connectivity index (χ1v) is 8.50. The maximum absolute atomic E-state index is 12.2. The number of ether oxygens (including phenoxy) is 1. The average Bonchev–Trinajstić information content (AvgIpc) is 2.66. The summed E-state index contributed by atoms with van der Waals surface area (Å²) >= 11 is 0. The predicted molar refractivity (Wildman–Crippen MR) is 95.0 cm³/mol. The van der Waals surface area contributed by atoms with Crippen molar-refractivity contribution in [1.82, 2.24) is 9.88 Å². The van der Waals surface area contributed by atoms with Crippen LogP contribution in [0.15, 0.2) is 54.9 Å². The van der Waals surface area contributed by atoms with Crippen LogP contribution in [-0.2, 0) is 11.3 Å². The molecule has 1 amide bonds. The van der Waals surface area contributed by atoms with Gasteiger partial charge in [0.15, 0.2) is 0 Å². The molecule has 1 aliphatic rings. The monoisotopic (exact) mass is 341 g/mol. The number of hydrogen-bond acceptors (Lipinski definition) is 5. The van der Waals surface area contributed by atoms with E-state index in [2.05, 4.69) is 10.3 Å². The normalized spacial score (nSPS) is 20.1. The molecule has 6 heteroatoms. The molecule has 0 aliphatic carbocycles. The average molecular weight is 341 g/mol. The lowest BCUT2D eigenvalue weighted by Gasteiger charge is -2.35. The molecule has 0 radical (unpaired) electrons. The number of nitrogens with one attached hydrogen (secondary N) is 1. The van der Waals surface area contributed by atoms with Crippen LogP contribution in [0.2, 0.25) is 0 Å². The van der Waals surface area contributed by atoms with Crippen molar-refractivity contribution in [3.63, 3.8) is 0 Å². The first kappa shape index (κ1) is 17.2. The van der Waals surface area contributed by atoms with Crippen molar-refractivity contribution in [2.45, 2.75) is 19.1 Å². The van der Waals surface area contributed by atoms with Crippen LogP contribution < -0.4 is 5.32 Å². The molecule has 6 nitrogen and oxygen atoms in total. The van der Waals surface area contributed by atoms with Gasteiger partial charge in [-0.15, -0.1) is 0 Å². The van der Waals surface area contributed by atoms with Crippen LogP contribution in [0.4, 0.5) is 10.5 Å². The summed E-state index contributed by atoms with van der Waals surface area (Å²) in [5.74, 6) is 0.103. The van der Waals surface area contributed by atoms with E-state index >= 15 is 0 Å². The van der Waals surface area contributed by atoms with E-state index in [0.717, 1.165) is 17.7 Å². The van der Waals surface area contributed by atoms with Crippen molar-refractivity contribution < 1.29 is 14.6 Å². The Hall–Kier alpha value is -2.60. The summed E-state index contributed by atoms with van der Waals surface area (Å²) in [6.45, 7) is 1.81. The van der Waals surface area contributed by atoms with E-state index in [1.54, 1.807) is 17.3 Å². The van der Waals surface area contributed by atoms with Crippen LogP contribution in [0.3, 0.4) is 0 Å². The fourth-order valence-electron chi connectivity index (χ4n) is 2.91. The first-order chi connectivity index (χ1) is 12.2. The van der Waals surface area contributed by atoms with Crippen LogP contribution >= 0.6 is 0 Å². The second-order valence-electron chi connectivity index (χ2n) is 6.22. The highest BCUT2D eigenvalue weighted by molar-refractivity contribution is 5.67. The summed E-state index contributed by atoms with van der Waals surface area (Å²) in [7, 11) is 0. The van der Waals surface area contributed by atoms with Crippen LogP contribution in [0.5, 0.6) is 0 Å². The minimum Gasteiger partial charge on any atom is -0.445 e. The maximum Gasteiger partial charge on any atom is 0.410 e. The molecular weight excluding hydrogens is 318 g/mol. The number of aromatic nitrogens is 1. The highest BCUT2D eigenvalue weighted by Crippen LogP contribution is 2.20. The van der Waals surface area contributed by atoms with Gasteiger partial charge in [-0.25, -0.2) is 4.79 Å². The topological polar surface area (TPSA) is 74.7 Å². The second-order valence-corrected chi connectivity index (χ2v) is 6.22. The van der Waals surface area contributed by atoms with Crippen molar-refractivity contribution >= 4 is 11.8 Å². The fourth-order valence-corrected chi connectivity index (χ4v) is 2.91. The molecule has 0 spiro atoms. The van der Waals surface area contributed by atoms with Gasteiger partial charge >= 0.3 is 6.09 Å². The van der Waals surface area contributed by atoms with E-state index in [1.165, 1.54) is 0 Å². The van der Waals surface area contributed by atoms with Crippen molar-refractivity contribution in [2.24, 2.45) is 5.92 Å². The molecule has 132 valence electrons. The van der Waals surface area contributed by atoms with Gasteiger partial charge in [-0.2, -0.15) is 0 Å². The van der Waals surface area contributed by atoms with Gasteiger partial charge in [0.1, 0.15) is 6.61 Å². The quantitative estimate of drug-likeness (QED) is 0.874. The third kappa shape index (κ3) is 4.93. The Morgan fingerprint density at radius 2 is 2.00 bits per heavy atom. The van der Waals surface area contributed by atoms with E-state index < -0.39 is 6.10 Å². The van der Waals surface area contributed by atoms with Gasteiger partial charge in [0.25, 0.3) is 0 Å². The Balaban J connectivity index is 1.43. The molecule has 1 aromatic carbocycles. The third-order valence-electron chi connectivity index (χ3n) is 4.43. The summed E-state index contributed by atoms with van der Waals surface area (Å²) < 4.78 is 5.33. The zero-order valence-corrected chi connectivity index (χ0v) is 14.0. The van der Waals surface area contributed by atoms with Gasteiger partial charge in [0.05, 0.1) is 12.6 Å². The number of piperidine rings is 1. The molecule has 2 aromatic rings. The van der Waals surface area contributed by atoms with Crippen LogP contribution in [-0.4, -0.2) is 46.8 Å². The number of likely N-dealkylation sites (tertiary alicyclic amines) is 1. The Bertz CT molecular complexity index is 666. The maximum atomic E-state index is 12.2. The standard InChI is InChI=1S/C19H23N3O3/c23-18-13-22(19(24)25-14-15-4-2-1-3-5-15)11-8-16(18)12-21-17-6-9-20-10-7-17/h1-7,9-10,16,18,23H,8,11-14H2,(H,20,21)/t16-,18-/m1/s1. The van der Waals surface area contributed by atoms with Crippen molar-refractivity contribution in [2.75, 3.05) is 25.0 Å². The summed E-state index contributed by atoms with van der Waals surface area (Å²) in [6, 6.07) is 13.4. The molecule has 1 aliphatic heterocycles. The molecule has 3 rings (SSSR count). The molecule has 1 fully saturated rings. The van der Waals surface area contributed by atoms with Gasteiger partial charge in [-0.3, -0.25) is 4.98 Å². The number of carbonyl (C=O) groups is 1. The van der Waals surface area contributed by atoms with Crippen molar-refractivity contribution in [1.29, 1.82) is 0 Å². The summed E-state index contributed by atoms with van der Waals surface area (Å²) in [5, 5.41) is 13.7. The van der Waals surface area contributed by atoms with Gasteiger partial charge in [0, 0.05) is 37.1 Å². The molecule has 2 N–H and O–H groups in total. The fraction of sp³-hybridized carbons (Fsp3) is 0.368. The molecule has 1 saturated heterocycles. The number of nitrogens with zero attached hydrogens (tertiary/aromatic N) is 2. The lowest BCUT2D eigenvalue weighted by Crippen LogP contribution is -2.48. The SMILES string of the molecule is O=C(OCc1ccccc1)N1CC[C@H](CNc2ccncc2)[C@H](O)C1. The number of β-amino-alcohol motifs (C(OH)–C–C–N with tert-alkyl or cyclic N) is 1. The Labute approximate surface area is 147 Å². The van der Waals surface area contributed by atoms with E-state index in [-0.39, 0.29) is 18.6 Å². The smallest absolute Gasteiger partial charge is 0.410 e. The number of carbonyl (C=O) groups excluding carboxylic acids is 1. The summed E-state index contributed by atoms with van der Waals surface area (Å²) in [4.78, 5) is 17.7. The second kappa shape index (κ2) is 8.48. The molecule has 25 heavy (non-hydrogen) atoms. The lowest BCUT2D eigenvalue weighted by atomic mass is 9.94.